The molecule has 2 N–H and O–H groups in total. The summed E-state index contributed by atoms with van der Waals surface area (Å²) in [7, 11) is 0. The smallest absolute Gasteiger partial charge is 0.253 e. The maximum Gasteiger partial charge on any atom is 0.253 e. The second kappa shape index (κ2) is 7.09. The minimum Gasteiger partial charge on any atom is -0.339 e. The van der Waals surface area contributed by atoms with Crippen LogP contribution in [0.15, 0.2) is 42.5 Å². The van der Waals surface area contributed by atoms with Crippen LogP contribution < -0.4 is 5.73 Å². The summed E-state index contributed by atoms with van der Waals surface area (Å²) in [6, 6.07) is 11.5. The predicted octanol–water partition coefficient (Wildman–Crippen LogP) is 3.44. The van der Waals surface area contributed by atoms with Gasteiger partial charge in [-0.1, -0.05) is 24.3 Å². The molecule has 24 heavy (non-hydrogen) atoms. The van der Waals surface area contributed by atoms with Crippen LogP contribution >= 0.6 is 0 Å². The standard InChI is InChI=1S/C19H20F2N2O/c20-17-5-4-16(11-18(17)21)19(24)23-8-6-14(7-9-23)15-3-1-2-13(10-15)12-22/h1-5,10-11,14H,6-9,12,22H2. The lowest BCUT2D eigenvalue weighted by molar-refractivity contribution is 0.0712. The number of carbonyl (C=O) groups is 1. The first-order chi connectivity index (χ1) is 11.6. The van der Waals surface area contributed by atoms with E-state index in [1.807, 2.05) is 12.1 Å². The zero-order valence-corrected chi connectivity index (χ0v) is 13.3. The minimum atomic E-state index is -0.991. The van der Waals surface area contributed by atoms with Gasteiger partial charge in [0.25, 0.3) is 5.91 Å². The average Bonchev–Trinajstić information content (AvgIpc) is 2.63. The summed E-state index contributed by atoms with van der Waals surface area (Å²) in [4.78, 5) is 14.1. The Kier molecular flexibility index (Phi) is 4.90. The lowest BCUT2D eigenvalue weighted by atomic mass is 9.88. The second-order valence-corrected chi connectivity index (χ2v) is 6.14. The van der Waals surface area contributed by atoms with Crippen molar-refractivity contribution >= 4 is 5.91 Å². The molecule has 2 aromatic carbocycles. The molecule has 1 fully saturated rings. The normalized spacial score (nSPS) is 15.5. The third-order valence-electron chi connectivity index (χ3n) is 4.61. The SMILES string of the molecule is NCc1cccc(C2CCN(C(=O)c3ccc(F)c(F)c3)CC2)c1. The van der Waals surface area contributed by atoms with Gasteiger partial charge in [0.05, 0.1) is 0 Å². The fourth-order valence-electron chi connectivity index (χ4n) is 3.20. The molecule has 1 heterocycles. The fourth-order valence-corrected chi connectivity index (χ4v) is 3.20. The lowest BCUT2D eigenvalue weighted by Gasteiger charge is -2.32. The number of benzene rings is 2. The van der Waals surface area contributed by atoms with Crippen molar-refractivity contribution in [2.24, 2.45) is 5.73 Å². The fraction of sp³-hybridized carbons (Fsp3) is 0.316. The molecule has 126 valence electrons. The Labute approximate surface area is 140 Å². The van der Waals surface area contributed by atoms with Crippen molar-refractivity contribution < 1.29 is 13.6 Å². The van der Waals surface area contributed by atoms with Gasteiger partial charge in [0.1, 0.15) is 0 Å². The van der Waals surface area contributed by atoms with Gasteiger partial charge in [-0.05, 0) is 48.1 Å². The van der Waals surface area contributed by atoms with Crippen molar-refractivity contribution in [1.29, 1.82) is 0 Å². The molecule has 0 radical (unpaired) electrons. The predicted molar refractivity (Wildman–Crippen MR) is 88.6 cm³/mol. The van der Waals surface area contributed by atoms with Crippen molar-refractivity contribution in [3.05, 3.63) is 70.8 Å². The Morgan fingerprint density at radius 2 is 1.83 bits per heavy atom. The van der Waals surface area contributed by atoms with Crippen LogP contribution in [0, 0.1) is 11.6 Å². The summed E-state index contributed by atoms with van der Waals surface area (Å²) >= 11 is 0. The topological polar surface area (TPSA) is 46.3 Å². The van der Waals surface area contributed by atoms with Gasteiger partial charge in [-0.2, -0.15) is 0 Å². The summed E-state index contributed by atoms with van der Waals surface area (Å²) in [5, 5.41) is 0. The van der Waals surface area contributed by atoms with E-state index in [2.05, 4.69) is 12.1 Å². The molecule has 0 aliphatic carbocycles. The monoisotopic (exact) mass is 330 g/mol. The van der Waals surface area contributed by atoms with Gasteiger partial charge >= 0.3 is 0 Å². The molecular formula is C19H20F2N2O. The first kappa shape index (κ1) is 16.6. The van der Waals surface area contributed by atoms with Crippen molar-refractivity contribution in [1.82, 2.24) is 4.90 Å². The number of carbonyl (C=O) groups excluding carboxylic acids is 1. The molecule has 3 rings (SSSR count). The Bertz CT molecular complexity index is 740. The van der Waals surface area contributed by atoms with E-state index in [9.17, 15) is 13.6 Å². The van der Waals surface area contributed by atoms with Gasteiger partial charge in [0.15, 0.2) is 11.6 Å². The largest absolute Gasteiger partial charge is 0.339 e. The van der Waals surface area contributed by atoms with E-state index >= 15 is 0 Å². The molecule has 1 amide bonds. The number of piperidine rings is 1. The third kappa shape index (κ3) is 3.46. The van der Waals surface area contributed by atoms with Crippen molar-refractivity contribution in [3.63, 3.8) is 0 Å². The van der Waals surface area contributed by atoms with E-state index in [0.29, 0.717) is 25.6 Å². The van der Waals surface area contributed by atoms with Gasteiger partial charge in [0, 0.05) is 25.2 Å². The van der Waals surface area contributed by atoms with Crippen LogP contribution in [-0.2, 0) is 6.54 Å². The number of rotatable bonds is 3. The zero-order valence-electron chi connectivity index (χ0n) is 13.3. The number of nitrogens with two attached hydrogens (primary N) is 1. The van der Waals surface area contributed by atoms with Crippen LogP contribution in [0.4, 0.5) is 8.78 Å². The van der Waals surface area contributed by atoms with Crippen LogP contribution in [0.2, 0.25) is 0 Å². The van der Waals surface area contributed by atoms with E-state index < -0.39 is 11.6 Å². The van der Waals surface area contributed by atoms with Crippen LogP contribution in [0.25, 0.3) is 0 Å². The number of amides is 1. The summed E-state index contributed by atoms with van der Waals surface area (Å²) < 4.78 is 26.3. The minimum absolute atomic E-state index is 0.192. The highest BCUT2D eigenvalue weighted by Gasteiger charge is 2.25. The zero-order chi connectivity index (χ0) is 17.1. The first-order valence-corrected chi connectivity index (χ1v) is 8.11. The molecule has 1 saturated heterocycles. The number of nitrogens with zero attached hydrogens (tertiary/aromatic N) is 1. The van der Waals surface area contributed by atoms with Gasteiger partial charge < -0.3 is 10.6 Å². The molecule has 0 spiro atoms. The Balaban J connectivity index is 1.65. The molecular weight excluding hydrogens is 310 g/mol. The number of hydrogen-bond donors (Lipinski definition) is 1. The highest BCUT2D eigenvalue weighted by molar-refractivity contribution is 5.94. The number of hydrogen-bond acceptors (Lipinski definition) is 2. The van der Waals surface area contributed by atoms with Crippen molar-refractivity contribution in [3.8, 4) is 0 Å². The summed E-state index contributed by atoms with van der Waals surface area (Å²) in [5.74, 6) is -1.78. The van der Waals surface area contributed by atoms with Crippen LogP contribution in [0.3, 0.4) is 0 Å². The van der Waals surface area contributed by atoms with E-state index in [0.717, 1.165) is 30.5 Å². The van der Waals surface area contributed by atoms with E-state index in [4.69, 9.17) is 5.73 Å². The Morgan fingerprint density at radius 1 is 1.08 bits per heavy atom. The van der Waals surface area contributed by atoms with E-state index in [-0.39, 0.29) is 11.5 Å². The quantitative estimate of drug-likeness (QED) is 0.937. The van der Waals surface area contributed by atoms with Crippen LogP contribution in [0.5, 0.6) is 0 Å². The Morgan fingerprint density at radius 3 is 2.50 bits per heavy atom. The molecule has 0 bridgehead atoms. The van der Waals surface area contributed by atoms with Crippen LogP contribution in [0.1, 0.15) is 40.2 Å². The maximum absolute atomic E-state index is 13.3. The lowest BCUT2D eigenvalue weighted by Crippen LogP contribution is -2.38. The van der Waals surface area contributed by atoms with Gasteiger partial charge in [-0.15, -0.1) is 0 Å². The number of halogens is 2. The molecule has 3 nitrogen and oxygen atoms in total. The van der Waals surface area contributed by atoms with Gasteiger partial charge in [-0.3, -0.25) is 4.79 Å². The first-order valence-electron chi connectivity index (χ1n) is 8.11. The third-order valence-corrected chi connectivity index (χ3v) is 4.61. The summed E-state index contributed by atoms with van der Waals surface area (Å²) in [6.07, 6.45) is 1.70. The Hall–Kier alpha value is -2.27. The maximum atomic E-state index is 13.3. The molecule has 1 aliphatic rings. The molecule has 5 heteroatoms. The highest BCUT2D eigenvalue weighted by atomic mass is 19.2. The summed E-state index contributed by atoms with van der Waals surface area (Å²) in [6.45, 7) is 1.73. The van der Waals surface area contributed by atoms with Crippen molar-refractivity contribution in [2.45, 2.75) is 25.3 Å². The number of likely N-dealkylation sites (tertiary alicyclic amines) is 1. The molecule has 1 aliphatic heterocycles. The van der Waals surface area contributed by atoms with E-state index in [1.54, 1.807) is 4.90 Å². The average molecular weight is 330 g/mol. The molecule has 0 aromatic heterocycles. The van der Waals surface area contributed by atoms with Gasteiger partial charge in [-0.25, -0.2) is 8.78 Å². The molecule has 2 aromatic rings. The second-order valence-electron chi connectivity index (χ2n) is 6.14. The van der Waals surface area contributed by atoms with Crippen LogP contribution in [-0.4, -0.2) is 23.9 Å². The molecule has 0 atom stereocenters. The van der Waals surface area contributed by atoms with Crippen molar-refractivity contribution in [2.75, 3.05) is 13.1 Å². The molecule has 0 saturated carbocycles. The van der Waals surface area contributed by atoms with E-state index in [1.165, 1.54) is 11.6 Å². The molecule has 0 unspecified atom stereocenters. The summed E-state index contributed by atoms with van der Waals surface area (Å²) in [5.41, 5.74) is 8.23. The highest BCUT2D eigenvalue weighted by Crippen LogP contribution is 2.29. The van der Waals surface area contributed by atoms with Gasteiger partial charge in [0.2, 0.25) is 0 Å².